The SMILES string of the molecule is COc1ccc(C(=O)OCC(=O)N(C(C)C)C(C)C)cc1S(=O)(=O)Nc1ccc(C)cc1. The Morgan fingerprint density at radius 2 is 1.59 bits per heavy atom. The first-order valence-corrected chi connectivity index (χ1v) is 11.7. The number of ether oxygens (including phenoxy) is 2. The van der Waals surface area contributed by atoms with Crippen molar-refractivity contribution in [3.05, 3.63) is 53.6 Å². The first kappa shape index (κ1) is 25.2. The lowest BCUT2D eigenvalue weighted by Gasteiger charge is -2.30. The van der Waals surface area contributed by atoms with E-state index in [1.807, 2.05) is 34.6 Å². The number of benzene rings is 2. The average Bonchev–Trinajstić information content (AvgIpc) is 2.72. The van der Waals surface area contributed by atoms with Crippen LogP contribution < -0.4 is 9.46 Å². The smallest absolute Gasteiger partial charge is 0.338 e. The third kappa shape index (κ3) is 6.23. The Morgan fingerprint density at radius 3 is 2.12 bits per heavy atom. The van der Waals surface area contributed by atoms with E-state index in [1.54, 1.807) is 29.2 Å². The Labute approximate surface area is 189 Å². The predicted molar refractivity (Wildman–Crippen MR) is 122 cm³/mol. The van der Waals surface area contributed by atoms with E-state index in [2.05, 4.69) is 4.72 Å². The van der Waals surface area contributed by atoms with Gasteiger partial charge in [-0.3, -0.25) is 9.52 Å². The molecule has 0 unspecified atom stereocenters. The molecule has 0 saturated carbocycles. The molecule has 0 fully saturated rings. The van der Waals surface area contributed by atoms with Gasteiger partial charge in [-0.2, -0.15) is 0 Å². The van der Waals surface area contributed by atoms with Crippen molar-refractivity contribution >= 4 is 27.6 Å². The van der Waals surface area contributed by atoms with E-state index in [1.165, 1.54) is 25.3 Å². The molecule has 1 N–H and O–H groups in total. The van der Waals surface area contributed by atoms with Crippen LogP contribution in [0.2, 0.25) is 0 Å². The zero-order valence-corrected chi connectivity index (χ0v) is 20.0. The van der Waals surface area contributed by atoms with Gasteiger partial charge in [0, 0.05) is 17.8 Å². The summed E-state index contributed by atoms with van der Waals surface area (Å²) >= 11 is 0. The highest BCUT2D eigenvalue weighted by molar-refractivity contribution is 7.92. The van der Waals surface area contributed by atoms with Gasteiger partial charge in [-0.05, 0) is 65.0 Å². The summed E-state index contributed by atoms with van der Waals surface area (Å²) in [6.07, 6.45) is 0. The molecule has 0 aromatic heterocycles. The number of hydrogen-bond acceptors (Lipinski definition) is 6. The molecule has 0 aliphatic heterocycles. The summed E-state index contributed by atoms with van der Waals surface area (Å²) in [5.41, 5.74) is 1.35. The fourth-order valence-corrected chi connectivity index (χ4v) is 4.56. The maximum absolute atomic E-state index is 12.9. The number of nitrogens with zero attached hydrogens (tertiary/aromatic N) is 1. The van der Waals surface area contributed by atoms with Gasteiger partial charge in [0.05, 0.1) is 12.7 Å². The molecule has 0 saturated heterocycles. The lowest BCUT2D eigenvalue weighted by molar-refractivity contribution is -0.138. The topological polar surface area (TPSA) is 102 Å². The fourth-order valence-electron chi connectivity index (χ4n) is 3.30. The summed E-state index contributed by atoms with van der Waals surface area (Å²) < 4.78 is 38.7. The molecule has 2 aromatic carbocycles. The van der Waals surface area contributed by atoms with E-state index >= 15 is 0 Å². The molecular formula is C23H30N2O6S. The van der Waals surface area contributed by atoms with Crippen LogP contribution in [0, 0.1) is 6.92 Å². The minimum absolute atomic E-state index is 0.0106. The monoisotopic (exact) mass is 462 g/mol. The van der Waals surface area contributed by atoms with Crippen molar-refractivity contribution in [2.24, 2.45) is 0 Å². The Hall–Kier alpha value is -3.07. The van der Waals surface area contributed by atoms with Crippen LogP contribution in [0.25, 0.3) is 0 Å². The second-order valence-corrected chi connectivity index (χ2v) is 9.55. The summed E-state index contributed by atoms with van der Waals surface area (Å²) in [6.45, 7) is 8.96. The van der Waals surface area contributed by atoms with E-state index in [9.17, 15) is 18.0 Å². The summed E-state index contributed by atoms with van der Waals surface area (Å²) in [4.78, 5) is 26.4. The molecule has 0 aliphatic carbocycles. The van der Waals surface area contributed by atoms with Crippen LogP contribution in [0.4, 0.5) is 5.69 Å². The highest BCUT2D eigenvalue weighted by atomic mass is 32.2. The summed E-state index contributed by atoms with van der Waals surface area (Å²) in [5.74, 6) is -1.06. The zero-order chi connectivity index (χ0) is 24.1. The molecule has 9 heteroatoms. The van der Waals surface area contributed by atoms with Gasteiger partial charge in [0.1, 0.15) is 10.6 Å². The number of carbonyl (C=O) groups is 2. The summed E-state index contributed by atoms with van der Waals surface area (Å²) in [6, 6.07) is 10.7. The normalized spacial score (nSPS) is 11.4. The number of anilines is 1. The first-order chi connectivity index (χ1) is 15.0. The van der Waals surface area contributed by atoms with Crippen molar-refractivity contribution < 1.29 is 27.5 Å². The van der Waals surface area contributed by atoms with Crippen LogP contribution in [0.5, 0.6) is 5.75 Å². The van der Waals surface area contributed by atoms with E-state index in [0.29, 0.717) is 5.69 Å². The van der Waals surface area contributed by atoms with Gasteiger partial charge in [-0.15, -0.1) is 0 Å². The lowest BCUT2D eigenvalue weighted by Crippen LogP contribution is -2.44. The summed E-state index contributed by atoms with van der Waals surface area (Å²) in [5, 5.41) is 0. The standard InChI is InChI=1S/C23H30N2O6S/c1-15(2)25(16(3)4)22(26)14-31-23(27)18-9-12-20(30-6)21(13-18)32(28,29)24-19-10-7-17(5)8-11-19/h7-13,15-16,24H,14H2,1-6H3. The molecule has 0 aliphatic rings. The van der Waals surface area contributed by atoms with Crippen LogP contribution in [-0.2, 0) is 19.6 Å². The number of rotatable bonds is 9. The second-order valence-electron chi connectivity index (χ2n) is 7.90. The van der Waals surface area contributed by atoms with Crippen LogP contribution in [0.15, 0.2) is 47.4 Å². The van der Waals surface area contributed by atoms with Crippen LogP contribution >= 0.6 is 0 Å². The first-order valence-electron chi connectivity index (χ1n) is 10.2. The summed E-state index contributed by atoms with van der Waals surface area (Å²) in [7, 11) is -2.71. The quantitative estimate of drug-likeness (QED) is 0.571. The molecule has 1 amide bonds. The minimum Gasteiger partial charge on any atom is -0.495 e. The van der Waals surface area contributed by atoms with Crippen molar-refractivity contribution in [1.29, 1.82) is 0 Å². The third-order valence-corrected chi connectivity index (χ3v) is 6.12. The van der Waals surface area contributed by atoms with E-state index in [0.717, 1.165) is 5.56 Å². The molecule has 0 radical (unpaired) electrons. The fraction of sp³-hybridized carbons (Fsp3) is 0.391. The van der Waals surface area contributed by atoms with Gasteiger partial charge in [0.25, 0.3) is 15.9 Å². The Balaban J connectivity index is 2.24. The number of aryl methyl sites for hydroxylation is 1. The molecule has 0 heterocycles. The number of hydrogen-bond donors (Lipinski definition) is 1. The van der Waals surface area contributed by atoms with Gasteiger partial charge >= 0.3 is 5.97 Å². The lowest BCUT2D eigenvalue weighted by atomic mass is 10.2. The minimum atomic E-state index is -4.05. The molecule has 0 spiro atoms. The van der Waals surface area contributed by atoms with Crippen LogP contribution in [0.1, 0.15) is 43.6 Å². The maximum atomic E-state index is 12.9. The van der Waals surface area contributed by atoms with Crippen molar-refractivity contribution in [3.63, 3.8) is 0 Å². The number of amides is 1. The highest BCUT2D eigenvalue weighted by Crippen LogP contribution is 2.27. The molecule has 32 heavy (non-hydrogen) atoms. The van der Waals surface area contributed by atoms with Crippen LogP contribution in [0.3, 0.4) is 0 Å². The Morgan fingerprint density at radius 1 is 1.00 bits per heavy atom. The highest BCUT2D eigenvalue weighted by Gasteiger charge is 2.24. The number of nitrogens with one attached hydrogen (secondary N) is 1. The largest absolute Gasteiger partial charge is 0.495 e. The number of methoxy groups -OCH3 is 1. The number of sulfonamides is 1. The van der Waals surface area contributed by atoms with E-state index < -0.39 is 22.6 Å². The van der Waals surface area contributed by atoms with Crippen molar-refractivity contribution in [2.45, 2.75) is 51.6 Å². The van der Waals surface area contributed by atoms with Gasteiger partial charge in [0.15, 0.2) is 6.61 Å². The van der Waals surface area contributed by atoms with Crippen molar-refractivity contribution in [2.75, 3.05) is 18.4 Å². The van der Waals surface area contributed by atoms with E-state index in [-0.39, 0.29) is 34.2 Å². The van der Waals surface area contributed by atoms with Crippen molar-refractivity contribution in [3.8, 4) is 5.75 Å². The molecule has 0 atom stereocenters. The molecule has 2 aromatic rings. The Kier molecular flexibility index (Phi) is 8.26. The third-order valence-electron chi connectivity index (χ3n) is 4.72. The average molecular weight is 463 g/mol. The molecule has 2 rings (SSSR count). The van der Waals surface area contributed by atoms with Gasteiger partial charge < -0.3 is 14.4 Å². The van der Waals surface area contributed by atoms with Gasteiger partial charge in [-0.25, -0.2) is 13.2 Å². The van der Waals surface area contributed by atoms with Crippen molar-refractivity contribution in [1.82, 2.24) is 4.90 Å². The number of esters is 1. The van der Waals surface area contributed by atoms with E-state index in [4.69, 9.17) is 9.47 Å². The molecule has 8 nitrogen and oxygen atoms in total. The van der Waals surface area contributed by atoms with Gasteiger partial charge in [-0.1, -0.05) is 17.7 Å². The molecule has 0 bridgehead atoms. The van der Waals surface area contributed by atoms with Gasteiger partial charge in [0.2, 0.25) is 0 Å². The molecule has 174 valence electrons. The second kappa shape index (κ2) is 10.5. The van der Waals surface area contributed by atoms with Crippen LogP contribution in [-0.4, -0.2) is 51.0 Å². The molecular weight excluding hydrogens is 432 g/mol. The predicted octanol–water partition coefficient (Wildman–Crippen LogP) is 3.61. The Bertz CT molecular complexity index is 1050. The maximum Gasteiger partial charge on any atom is 0.338 e. The zero-order valence-electron chi connectivity index (χ0n) is 19.2. The number of carbonyl (C=O) groups excluding carboxylic acids is 2.